The fourth-order valence-corrected chi connectivity index (χ4v) is 3.62. The van der Waals surface area contributed by atoms with Gasteiger partial charge in [-0.2, -0.15) is 0 Å². The van der Waals surface area contributed by atoms with Crippen molar-refractivity contribution in [1.82, 2.24) is 10.6 Å². The maximum atomic E-state index is 14.1. The summed E-state index contributed by atoms with van der Waals surface area (Å²) < 4.78 is 27.3. The first-order chi connectivity index (χ1) is 15.4. The third-order valence-corrected chi connectivity index (χ3v) is 5.72. The number of guanidine groups is 1. The van der Waals surface area contributed by atoms with Gasteiger partial charge in [0.05, 0.1) is 5.69 Å². The van der Waals surface area contributed by atoms with Crippen LogP contribution in [0, 0.1) is 17.6 Å². The van der Waals surface area contributed by atoms with Gasteiger partial charge in [0, 0.05) is 50.4 Å². The zero-order valence-electron chi connectivity index (χ0n) is 18.8. The Hall–Kier alpha value is -3.16. The molecule has 2 aromatic rings. The molecule has 2 aromatic carbocycles. The normalized spacial score (nSPS) is 17.2. The Bertz CT molecular complexity index is 965. The molecule has 6 nitrogen and oxygen atoms in total. The van der Waals surface area contributed by atoms with E-state index in [4.69, 9.17) is 0 Å². The van der Waals surface area contributed by atoms with Crippen molar-refractivity contribution in [3.05, 3.63) is 59.7 Å². The molecule has 0 aromatic heterocycles. The number of carbonyl (C=O) groups excluding carboxylic acids is 1. The molecule has 0 aliphatic carbocycles. The van der Waals surface area contributed by atoms with Crippen molar-refractivity contribution >= 4 is 23.2 Å². The van der Waals surface area contributed by atoms with Gasteiger partial charge < -0.3 is 20.9 Å². The van der Waals surface area contributed by atoms with Crippen LogP contribution in [-0.4, -0.2) is 38.0 Å². The third-order valence-electron chi connectivity index (χ3n) is 5.72. The molecule has 1 fully saturated rings. The molecule has 172 valence electrons. The number of amides is 1. The van der Waals surface area contributed by atoms with Crippen molar-refractivity contribution in [1.29, 1.82) is 0 Å². The number of nitrogens with zero attached hydrogens (tertiary/aromatic N) is 2. The number of hydrogen-bond acceptors (Lipinski definition) is 3. The van der Waals surface area contributed by atoms with Gasteiger partial charge >= 0.3 is 0 Å². The highest BCUT2D eigenvalue weighted by Crippen LogP contribution is 2.24. The van der Waals surface area contributed by atoms with E-state index in [9.17, 15) is 13.6 Å². The highest BCUT2D eigenvalue weighted by atomic mass is 19.1. The molecule has 1 saturated heterocycles. The molecule has 32 heavy (non-hydrogen) atoms. The van der Waals surface area contributed by atoms with Crippen molar-refractivity contribution in [2.45, 2.75) is 39.3 Å². The SMILES string of the molecule is CCC(C)C(=O)Nc1cccc(CNC(=NC)NC2CCN(c3ccc(F)cc3F)C2)c1. The molecular formula is C24H31F2N5O. The molecular weight excluding hydrogens is 412 g/mol. The van der Waals surface area contributed by atoms with E-state index in [0.717, 1.165) is 30.2 Å². The van der Waals surface area contributed by atoms with Gasteiger partial charge in [-0.05, 0) is 42.7 Å². The average Bonchev–Trinajstić information content (AvgIpc) is 3.24. The molecule has 0 saturated carbocycles. The summed E-state index contributed by atoms with van der Waals surface area (Å²) in [6.45, 7) is 5.71. The lowest BCUT2D eigenvalue weighted by Crippen LogP contribution is -2.44. The Morgan fingerprint density at radius 1 is 1.25 bits per heavy atom. The Morgan fingerprint density at radius 2 is 2.06 bits per heavy atom. The number of rotatable bonds is 7. The van der Waals surface area contributed by atoms with Gasteiger partial charge in [-0.15, -0.1) is 0 Å². The average molecular weight is 444 g/mol. The zero-order valence-corrected chi connectivity index (χ0v) is 18.8. The van der Waals surface area contributed by atoms with Crippen LogP contribution in [0.1, 0.15) is 32.3 Å². The van der Waals surface area contributed by atoms with E-state index < -0.39 is 11.6 Å². The summed E-state index contributed by atoms with van der Waals surface area (Å²) in [5, 5.41) is 9.60. The van der Waals surface area contributed by atoms with Gasteiger partial charge in [-0.3, -0.25) is 9.79 Å². The Kier molecular flexibility index (Phi) is 8.03. The van der Waals surface area contributed by atoms with Crippen LogP contribution in [-0.2, 0) is 11.3 Å². The van der Waals surface area contributed by atoms with E-state index in [1.165, 1.54) is 12.1 Å². The number of nitrogens with one attached hydrogen (secondary N) is 3. The second-order valence-corrected chi connectivity index (χ2v) is 8.10. The number of carbonyl (C=O) groups is 1. The largest absolute Gasteiger partial charge is 0.367 e. The van der Waals surface area contributed by atoms with Crippen molar-refractivity contribution in [2.24, 2.45) is 10.9 Å². The minimum atomic E-state index is -0.576. The van der Waals surface area contributed by atoms with Gasteiger partial charge in [0.15, 0.2) is 5.96 Å². The highest BCUT2D eigenvalue weighted by molar-refractivity contribution is 5.92. The lowest BCUT2D eigenvalue weighted by atomic mass is 10.1. The smallest absolute Gasteiger partial charge is 0.227 e. The molecule has 1 amide bonds. The topological polar surface area (TPSA) is 68.8 Å². The minimum absolute atomic E-state index is 0.0125. The molecule has 1 heterocycles. The summed E-state index contributed by atoms with van der Waals surface area (Å²) in [5.74, 6) is -0.500. The molecule has 0 radical (unpaired) electrons. The quantitative estimate of drug-likeness (QED) is 0.449. The number of anilines is 2. The fraction of sp³-hybridized carbons (Fsp3) is 0.417. The number of hydrogen-bond donors (Lipinski definition) is 3. The lowest BCUT2D eigenvalue weighted by molar-refractivity contribution is -0.119. The standard InChI is InChI=1S/C24H31F2N5O/c1-4-16(2)23(32)29-19-7-5-6-17(12-19)14-28-24(27-3)30-20-10-11-31(15-20)22-9-8-18(25)13-21(22)26/h5-9,12-13,16,20H,4,10-11,14-15H2,1-3H3,(H,29,32)(H2,27,28,30). The Labute approximate surface area is 188 Å². The predicted molar refractivity (Wildman–Crippen MR) is 125 cm³/mol. The molecule has 0 spiro atoms. The van der Waals surface area contributed by atoms with Crippen molar-refractivity contribution < 1.29 is 13.6 Å². The first-order valence-corrected chi connectivity index (χ1v) is 11.0. The van der Waals surface area contributed by atoms with E-state index >= 15 is 0 Å². The van der Waals surface area contributed by atoms with Gasteiger partial charge in [-0.25, -0.2) is 8.78 Å². The van der Waals surface area contributed by atoms with E-state index in [2.05, 4.69) is 20.9 Å². The summed E-state index contributed by atoms with van der Waals surface area (Å²) in [7, 11) is 1.70. The van der Waals surface area contributed by atoms with E-state index in [1.54, 1.807) is 7.05 Å². The zero-order chi connectivity index (χ0) is 23.1. The second-order valence-electron chi connectivity index (χ2n) is 8.10. The van der Waals surface area contributed by atoms with E-state index in [-0.39, 0.29) is 17.9 Å². The third kappa shape index (κ3) is 6.18. The monoisotopic (exact) mass is 443 g/mol. The lowest BCUT2D eigenvalue weighted by Gasteiger charge is -2.21. The molecule has 1 aliphatic heterocycles. The summed E-state index contributed by atoms with van der Waals surface area (Å²) in [4.78, 5) is 18.3. The van der Waals surface area contributed by atoms with E-state index in [1.807, 2.05) is 43.0 Å². The number of halogens is 2. The van der Waals surface area contributed by atoms with Gasteiger partial charge in [0.2, 0.25) is 5.91 Å². The van der Waals surface area contributed by atoms with Crippen LogP contribution >= 0.6 is 0 Å². The molecule has 3 N–H and O–H groups in total. The predicted octanol–water partition coefficient (Wildman–Crippen LogP) is 3.89. The van der Waals surface area contributed by atoms with Crippen LogP contribution < -0.4 is 20.9 Å². The maximum Gasteiger partial charge on any atom is 0.227 e. The first kappa shape index (κ1) is 23.5. The molecule has 2 unspecified atom stereocenters. The van der Waals surface area contributed by atoms with Gasteiger partial charge in [0.1, 0.15) is 11.6 Å². The molecule has 2 atom stereocenters. The van der Waals surface area contributed by atoms with Gasteiger partial charge in [-0.1, -0.05) is 26.0 Å². The van der Waals surface area contributed by atoms with Crippen LogP contribution in [0.2, 0.25) is 0 Å². The summed E-state index contributed by atoms with van der Waals surface area (Å²) in [5.41, 5.74) is 2.19. The molecule has 1 aliphatic rings. The molecule has 8 heteroatoms. The first-order valence-electron chi connectivity index (χ1n) is 11.0. The molecule has 3 rings (SSSR count). The summed E-state index contributed by atoms with van der Waals surface area (Å²) in [6.07, 6.45) is 1.61. The van der Waals surface area contributed by atoms with Gasteiger partial charge in [0.25, 0.3) is 0 Å². The fourth-order valence-electron chi connectivity index (χ4n) is 3.62. The Morgan fingerprint density at radius 3 is 2.78 bits per heavy atom. The van der Waals surface area contributed by atoms with Crippen LogP contribution in [0.15, 0.2) is 47.5 Å². The van der Waals surface area contributed by atoms with Crippen LogP contribution in [0.5, 0.6) is 0 Å². The van der Waals surface area contributed by atoms with Crippen molar-refractivity contribution in [3.63, 3.8) is 0 Å². The summed E-state index contributed by atoms with van der Waals surface area (Å²) >= 11 is 0. The van der Waals surface area contributed by atoms with Crippen LogP contribution in [0.25, 0.3) is 0 Å². The van der Waals surface area contributed by atoms with Crippen LogP contribution in [0.4, 0.5) is 20.2 Å². The Balaban J connectivity index is 1.52. The van der Waals surface area contributed by atoms with Crippen molar-refractivity contribution in [3.8, 4) is 0 Å². The summed E-state index contributed by atoms with van der Waals surface area (Å²) in [6, 6.07) is 11.5. The number of benzene rings is 2. The van der Waals surface area contributed by atoms with Crippen LogP contribution in [0.3, 0.4) is 0 Å². The minimum Gasteiger partial charge on any atom is -0.367 e. The second kappa shape index (κ2) is 10.9. The molecule has 0 bridgehead atoms. The number of aliphatic imine (C=N–C) groups is 1. The van der Waals surface area contributed by atoms with Crippen molar-refractivity contribution in [2.75, 3.05) is 30.4 Å². The van der Waals surface area contributed by atoms with E-state index in [0.29, 0.717) is 31.3 Å². The highest BCUT2D eigenvalue weighted by Gasteiger charge is 2.25. The maximum absolute atomic E-state index is 14.1.